The zero-order valence-electron chi connectivity index (χ0n) is 13.9. The Morgan fingerprint density at radius 1 is 1.21 bits per heavy atom. The van der Waals surface area contributed by atoms with Crippen molar-refractivity contribution in [3.8, 4) is 6.07 Å². The van der Waals surface area contributed by atoms with Gasteiger partial charge in [-0.05, 0) is 43.5 Å². The maximum absolute atomic E-state index is 8.94. The molecular weight excluding hydrogens is 318 g/mol. The van der Waals surface area contributed by atoms with Gasteiger partial charge in [0, 0.05) is 31.4 Å². The molecule has 3 nitrogen and oxygen atoms in total. The van der Waals surface area contributed by atoms with Crippen molar-refractivity contribution in [1.29, 1.82) is 5.26 Å². The summed E-state index contributed by atoms with van der Waals surface area (Å²) in [4.78, 5) is 2.51. The number of anilines is 1. The SMILES string of the molecule is Cc1cccc(CN2CCC(Nc3ccc(C#N)c(Cl)c3)CC2)c1. The molecule has 4 heteroatoms. The van der Waals surface area contributed by atoms with E-state index in [1.54, 1.807) is 6.07 Å². The largest absolute Gasteiger partial charge is 0.382 e. The van der Waals surface area contributed by atoms with Gasteiger partial charge in [-0.1, -0.05) is 41.4 Å². The lowest BCUT2D eigenvalue weighted by Crippen LogP contribution is -2.38. The number of nitrogens with zero attached hydrogens (tertiary/aromatic N) is 2. The van der Waals surface area contributed by atoms with Crippen LogP contribution in [0, 0.1) is 18.3 Å². The summed E-state index contributed by atoms with van der Waals surface area (Å²) in [6.07, 6.45) is 2.23. The zero-order chi connectivity index (χ0) is 16.9. The van der Waals surface area contributed by atoms with Crippen molar-refractivity contribution in [3.63, 3.8) is 0 Å². The van der Waals surface area contributed by atoms with E-state index in [0.717, 1.165) is 38.2 Å². The molecule has 24 heavy (non-hydrogen) atoms. The molecule has 1 aliphatic rings. The molecule has 1 N–H and O–H groups in total. The Bertz CT molecular complexity index is 743. The Balaban J connectivity index is 1.52. The van der Waals surface area contributed by atoms with Crippen LogP contribution in [0.3, 0.4) is 0 Å². The molecule has 0 amide bonds. The van der Waals surface area contributed by atoms with Crippen LogP contribution in [0.25, 0.3) is 0 Å². The molecule has 0 spiro atoms. The number of piperidine rings is 1. The zero-order valence-corrected chi connectivity index (χ0v) is 14.7. The van der Waals surface area contributed by atoms with Crippen molar-refractivity contribution in [3.05, 3.63) is 64.2 Å². The second-order valence-corrected chi connectivity index (χ2v) is 6.90. The molecule has 0 atom stereocenters. The normalized spacial score (nSPS) is 15.9. The Morgan fingerprint density at radius 3 is 2.67 bits per heavy atom. The van der Waals surface area contributed by atoms with Crippen LogP contribution in [0.15, 0.2) is 42.5 Å². The number of benzene rings is 2. The predicted octanol–water partition coefficient (Wildman–Crippen LogP) is 4.60. The minimum Gasteiger partial charge on any atom is -0.382 e. The summed E-state index contributed by atoms with van der Waals surface area (Å²) in [6, 6.07) is 16.9. The Labute approximate surface area is 148 Å². The van der Waals surface area contributed by atoms with Gasteiger partial charge < -0.3 is 5.32 Å². The lowest BCUT2D eigenvalue weighted by molar-refractivity contribution is 0.211. The van der Waals surface area contributed by atoms with E-state index in [1.165, 1.54) is 11.1 Å². The van der Waals surface area contributed by atoms with Crippen LogP contribution in [0.2, 0.25) is 5.02 Å². The van der Waals surface area contributed by atoms with Gasteiger partial charge >= 0.3 is 0 Å². The van der Waals surface area contributed by atoms with E-state index in [-0.39, 0.29) is 0 Å². The van der Waals surface area contributed by atoms with Gasteiger partial charge in [-0.25, -0.2) is 0 Å². The van der Waals surface area contributed by atoms with Gasteiger partial charge in [0.25, 0.3) is 0 Å². The highest BCUT2D eigenvalue weighted by molar-refractivity contribution is 6.32. The number of nitrogens with one attached hydrogen (secondary N) is 1. The molecule has 124 valence electrons. The van der Waals surface area contributed by atoms with Crippen LogP contribution in [-0.4, -0.2) is 24.0 Å². The molecule has 1 saturated heterocycles. The van der Waals surface area contributed by atoms with Crippen LogP contribution in [0.1, 0.15) is 29.5 Å². The number of nitriles is 1. The minimum atomic E-state index is 0.461. The highest BCUT2D eigenvalue weighted by atomic mass is 35.5. The van der Waals surface area contributed by atoms with Crippen molar-refractivity contribution in [2.75, 3.05) is 18.4 Å². The fraction of sp³-hybridized carbons (Fsp3) is 0.350. The third kappa shape index (κ3) is 4.29. The van der Waals surface area contributed by atoms with Gasteiger partial charge in [-0.15, -0.1) is 0 Å². The van der Waals surface area contributed by atoms with E-state index in [2.05, 4.69) is 47.5 Å². The van der Waals surface area contributed by atoms with Gasteiger partial charge in [0.1, 0.15) is 6.07 Å². The van der Waals surface area contributed by atoms with Crippen molar-refractivity contribution in [2.45, 2.75) is 32.4 Å². The van der Waals surface area contributed by atoms with E-state index < -0.39 is 0 Å². The number of halogens is 1. The fourth-order valence-corrected chi connectivity index (χ4v) is 3.46. The summed E-state index contributed by atoms with van der Waals surface area (Å²) in [5.41, 5.74) is 4.23. The highest BCUT2D eigenvalue weighted by Crippen LogP contribution is 2.23. The molecule has 0 radical (unpaired) electrons. The quantitative estimate of drug-likeness (QED) is 0.885. The molecule has 0 saturated carbocycles. The molecule has 0 unspecified atom stereocenters. The number of hydrogen-bond donors (Lipinski definition) is 1. The first-order valence-corrected chi connectivity index (χ1v) is 8.76. The number of aryl methyl sites for hydroxylation is 1. The van der Waals surface area contributed by atoms with Gasteiger partial charge in [0.2, 0.25) is 0 Å². The predicted molar refractivity (Wildman–Crippen MR) is 99.3 cm³/mol. The molecule has 0 bridgehead atoms. The van der Waals surface area contributed by atoms with E-state index >= 15 is 0 Å². The summed E-state index contributed by atoms with van der Waals surface area (Å²) in [6.45, 7) is 5.35. The molecule has 1 heterocycles. The summed E-state index contributed by atoms with van der Waals surface area (Å²) in [5, 5.41) is 13.0. The maximum Gasteiger partial charge on any atom is 0.101 e. The van der Waals surface area contributed by atoms with E-state index in [4.69, 9.17) is 16.9 Å². The molecule has 1 aliphatic heterocycles. The number of likely N-dealkylation sites (tertiary alicyclic amines) is 1. The van der Waals surface area contributed by atoms with E-state index in [1.807, 2.05) is 12.1 Å². The summed E-state index contributed by atoms with van der Waals surface area (Å²) < 4.78 is 0. The standard InChI is InChI=1S/C20H22ClN3/c1-15-3-2-4-16(11-15)14-24-9-7-18(8-10-24)23-19-6-5-17(13-22)20(21)12-19/h2-6,11-12,18,23H,7-10,14H2,1H3. The lowest BCUT2D eigenvalue weighted by atomic mass is 10.0. The van der Waals surface area contributed by atoms with Crippen LogP contribution in [0.5, 0.6) is 0 Å². The minimum absolute atomic E-state index is 0.461. The summed E-state index contributed by atoms with van der Waals surface area (Å²) in [5.74, 6) is 0. The van der Waals surface area contributed by atoms with E-state index in [0.29, 0.717) is 16.6 Å². The van der Waals surface area contributed by atoms with E-state index in [9.17, 15) is 0 Å². The summed E-state index contributed by atoms with van der Waals surface area (Å²) >= 11 is 6.10. The fourth-order valence-electron chi connectivity index (χ4n) is 3.24. The van der Waals surface area contributed by atoms with Crippen LogP contribution in [-0.2, 0) is 6.54 Å². The van der Waals surface area contributed by atoms with Crippen molar-refractivity contribution < 1.29 is 0 Å². The second-order valence-electron chi connectivity index (χ2n) is 6.49. The monoisotopic (exact) mass is 339 g/mol. The second kappa shape index (κ2) is 7.70. The average molecular weight is 340 g/mol. The van der Waals surface area contributed by atoms with Crippen molar-refractivity contribution in [2.24, 2.45) is 0 Å². The Hall–Kier alpha value is -2.02. The number of hydrogen-bond acceptors (Lipinski definition) is 3. The van der Waals surface area contributed by atoms with Gasteiger partial charge in [0.05, 0.1) is 10.6 Å². The smallest absolute Gasteiger partial charge is 0.101 e. The first kappa shape index (κ1) is 16.8. The molecule has 0 aromatic heterocycles. The van der Waals surface area contributed by atoms with Crippen molar-refractivity contribution in [1.82, 2.24) is 4.90 Å². The lowest BCUT2D eigenvalue weighted by Gasteiger charge is -2.33. The third-order valence-corrected chi connectivity index (χ3v) is 4.85. The van der Waals surface area contributed by atoms with Crippen LogP contribution >= 0.6 is 11.6 Å². The maximum atomic E-state index is 8.94. The average Bonchev–Trinajstić information content (AvgIpc) is 2.57. The topological polar surface area (TPSA) is 39.1 Å². The Morgan fingerprint density at radius 2 is 2.00 bits per heavy atom. The summed E-state index contributed by atoms with van der Waals surface area (Å²) in [7, 11) is 0. The van der Waals surface area contributed by atoms with Crippen LogP contribution < -0.4 is 5.32 Å². The Kier molecular flexibility index (Phi) is 5.40. The first-order valence-electron chi connectivity index (χ1n) is 8.38. The molecule has 2 aromatic carbocycles. The third-order valence-electron chi connectivity index (χ3n) is 4.54. The molecule has 0 aliphatic carbocycles. The number of rotatable bonds is 4. The molecule has 2 aromatic rings. The van der Waals surface area contributed by atoms with Gasteiger partial charge in [-0.2, -0.15) is 5.26 Å². The first-order chi connectivity index (χ1) is 11.6. The molecule has 1 fully saturated rings. The van der Waals surface area contributed by atoms with Crippen molar-refractivity contribution >= 4 is 17.3 Å². The van der Waals surface area contributed by atoms with Gasteiger partial charge in [-0.3, -0.25) is 4.90 Å². The molecule has 3 rings (SSSR count). The van der Waals surface area contributed by atoms with Crippen LogP contribution in [0.4, 0.5) is 5.69 Å². The highest BCUT2D eigenvalue weighted by Gasteiger charge is 2.19. The van der Waals surface area contributed by atoms with Gasteiger partial charge in [0.15, 0.2) is 0 Å². The molecular formula is C20H22ClN3.